The molecule has 3 atom stereocenters. The molecule has 3 aliphatic rings. The number of aromatic nitrogens is 3. The number of esters is 1. The topological polar surface area (TPSA) is 284 Å². The van der Waals surface area contributed by atoms with Crippen molar-refractivity contribution in [1.29, 1.82) is 0 Å². The summed E-state index contributed by atoms with van der Waals surface area (Å²) in [5.74, 6) is -1.45. The van der Waals surface area contributed by atoms with E-state index in [-0.39, 0.29) is 23.7 Å². The molecule has 57 heavy (non-hydrogen) atoms. The predicted octanol–water partition coefficient (Wildman–Crippen LogP) is -0.991. The third kappa shape index (κ3) is 8.67. The van der Waals surface area contributed by atoms with E-state index in [1.54, 1.807) is 12.3 Å². The maximum Gasteiger partial charge on any atom is 0.418 e. The molecule has 2 fully saturated rings. The van der Waals surface area contributed by atoms with Gasteiger partial charge >= 0.3 is 28.8 Å². The zero-order valence-corrected chi connectivity index (χ0v) is 33.0. The number of nitrogens with two attached hydrogens (primary N) is 2. The number of nitrogens with zero attached hydrogens (tertiary/aromatic N) is 6. The number of carbonyl (C=O) groups is 4. The van der Waals surface area contributed by atoms with Gasteiger partial charge in [0.05, 0.1) is 31.9 Å². The van der Waals surface area contributed by atoms with E-state index in [1.165, 1.54) is 26.2 Å². The second kappa shape index (κ2) is 16.3. The highest BCUT2D eigenvalue weighted by Crippen LogP contribution is 2.37. The van der Waals surface area contributed by atoms with Gasteiger partial charge in [0.25, 0.3) is 17.4 Å². The molecule has 3 aliphatic heterocycles. The standard InChI is InChI=1S/C34H42N10O11S2/c1-33(2)27(29(47)44(33)55-57(49,50)51)40-28(46)26(23-17-56-31(36)39-23)41-54-34(3,30(48)52-18-45)25-8-6-21-11-20(5-7-24(21)53-25)22-14-38-32(42(4)16-22)43(10-9-35)15-19-12-37-13-19/h5,7,11,14,16-19,25,27,37H,6,8-10,12-13,15,35H2,1-4H3,(H3-,36,39,40,46,49,50,51)/p+1/b41-26-/t25-,27-,34+/m1/s1. The first-order valence-corrected chi connectivity index (χ1v) is 19.9. The normalized spacial score (nSPS) is 20.2. The van der Waals surface area contributed by atoms with Crippen LogP contribution in [0.15, 0.2) is 41.1 Å². The number of amides is 2. The van der Waals surface area contributed by atoms with E-state index in [9.17, 15) is 27.6 Å². The summed E-state index contributed by atoms with van der Waals surface area (Å²) in [6.07, 6.45) is 3.30. The fourth-order valence-electron chi connectivity index (χ4n) is 6.69. The lowest BCUT2D eigenvalue weighted by Crippen LogP contribution is -2.76. The lowest BCUT2D eigenvalue weighted by atomic mass is 9.84. The minimum atomic E-state index is -5.05. The van der Waals surface area contributed by atoms with Gasteiger partial charge in [0.15, 0.2) is 16.9 Å². The molecule has 6 rings (SSSR count). The van der Waals surface area contributed by atoms with Crippen LogP contribution in [0, 0.1) is 5.92 Å². The zero-order valence-electron chi connectivity index (χ0n) is 31.4. The summed E-state index contributed by atoms with van der Waals surface area (Å²) in [5.41, 5.74) is 10.1. The number of oxime groups is 1. The largest absolute Gasteiger partial charge is 0.485 e. The van der Waals surface area contributed by atoms with E-state index in [0.717, 1.165) is 53.6 Å². The summed E-state index contributed by atoms with van der Waals surface area (Å²) < 4.78 is 48.9. The Labute approximate surface area is 331 Å². The Kier molecular flexibility index (Phi) is 11.8. The van der Waals surface area contributed by atoms with Crippen LogP contribution in [-0.2, 0) is 56.9 Å². The molecule has 0 unspecified atom stereocenters. The minimum absolute atomic E-state index is 0.0451. The number of nitrogens with one attached hydrogen (secondary N) is 2. The molecular formula is C34H43N10O11S2+. The van der Waals surface area contributed by atoms with Gasteiger partial charge < -0.3 is 36.4 Å². The molecule has 0 spiro atoms. The van der Waals surface area contributed by atoms with Crippen molar-refractivity contribution in [3.63, 3.8) is 0 Å². The maximum absolute atomic E-state index is 13.6. The summed E-state index contributed by atoms with van der Waals surface area (Å²) in [4.78, 5) is 67.9. The van der Waals surface area contributed by atoms with Crippen LogP contribution >= 0.6 is 11.3 Å². The van der Waals surface area contributed by atoms with Gasteiger partial charge in [0.1, 0.15) is 23.7 Å². The van der Waals surface area contributed by atoms with Gasteiger partial charge in [-0.05, 0) is 56.9 Å². The highest BCUT2D eigenvalue weighted by atomic mass is 32.3. The second-order valence-electron chi connectivity index (χ2n) is 14.4. The van der Waals surface area contributed by atoms with Crippen LogP contribution in [0.25, 0.3) is 11.1 Å². The zero-order chi connectivity index (χ0) is 41.3. The number of thiazole rings is 1. The van der Waals surface area contributed by atoms with E-state index in [4.69, 9.17) is 35.3 Å². The second-order valence-corrected chi connectivity index (χ2v) is 16.3. The molecule has 2 amide bonds. The van der Waals surface area contributed by atoms with Crippen LogP contribution in [0.3, 0.4) is 0 Å². The van der Waals surface area contributed by atoms with Crippen LogP contribution in [0.2, 0.25) is 0 Å². The molecular weight excluding hydrogens is 789 g/mol. The van der Waals surface area contributed by atoms with Crippen molar-refractivity contribution in [2.75, 3.05) is 43.4 Å². The molecule has 0 radical (unpaired) electrons. The smallest absolute Gasteiger partial charge is 0.418 e. The van der Waals surface area contributed by atoms with Gasteiger partial charge in [-0.15, -0.1) is 15.6 Å². The van der Waals surface area contributed by atoms with E-state index < -0.39 is 57.2 Å². The Bertz CT molecular complexity index is 2200. The quantitative estimate of drug-likeness (QED) is 0.0169. The molecule has 2 saturated heterocycles. The van der Waals surface area contributed by atoms with Crippen molar-refractivity contribution in [3.05, 3.63) is 47.2 Å². The minimum Gasteiger partial charge on any atom is -0.485 e. The summed E-state index contributed by atoms with van der Waals surface area (Å²) in [6.45, 7) is 7.88. The summed E-state index contributed by atoms with van der Waals surface area (Å²) in [5, 5.41) is 11.5. The van der Waals surface area contributed by atoms with Crippen molar-refractivity contribution in [2.45, 2.75) is 56.9 Å². The molecule has 1 aromatic carbocycles. The maximum atomic E-state index is 13.6. The summed E-state index contributed by atoms with van der Waals surface area (Å²) >= 11 is 0.957. The molecule has 0 bridgehead atoms. The van der Waals surface area contributed by atoms with Crippen LogP contribution in [0.1, 0.15) is 38.4 Å². The Hall–Kier alpha value is -5.33. The van der Waals surface area contributed by atoms with Crippen molar-refractivity contribution in [2.24, 2.45) is 23.9 Å². The lowest BCUT2D eigenvalue weighted by molar-refractivity contribution is -0.661. The molecule has 0 saturated carbocycles. The van der Waals surface area contributed by atoms with Crippen LogP contribution < -0.4 is 36.3 Å². The SMILES string of the molecule is C[n+]1cc(-c2ccc3c(c2)CC[C@H]([C@](C)(O/N=C(\C(=O)N[C@@H]2C(=O)N(OS(=O)(=O)O)C2(C)C)c2csc(N)n2)C(=O)OC=O)O3)cnc1N(CCN)CC1CNC1. The molecule has 0 aliphatic carbocycles. The van der Waals surface area contributed by atoms with E-state index in [0.29, 0.717) is 36.2 Å². The van der Waals surface area contributed by atoms with Crippen molar-refractivity contribution < 1.29 is 55.3 Å². The molecule has 21 nitrogen and oxygen atoms in total. The van der Waals surface area contributed by atoms with Gasteiger partial charge in [-0.25, -0.2) is 14.3 Å². The van der Waals surface area contributed by atoms with Gasteiger partial charge in [-0.2, -0.15) is 13.5 Å². The molecule has 306 valence electrons. The first-order chi connectivity index (χ1) is 26.9. The monoisotopic (exact) mass is 831 g/mol. The fourth-order valence-corrected chi connectivity index (χ4v) is 7.70. The number of hydrogen-bond donors (Lipinski definition) is 5. The molecule has 3 aromatic rings. The van der Waals surface area contributed by atoms with Gasteiger partial charge in [-0.3, -0.25) is 23.8 Å². The Morgan fingerprint density at radius 3 is 2.67 bits per heavy atom. The fraction of sp³-hybridized carbons (Fsp3) is 0.471. The number of β-lactam (4-membered cyclic amide) rings is 1. The van der Waals surface area contributed by atoms with Crippen LogP contribution in [0.5, 0.6) is 5.75 Å². The van der Waals surface area contributed by atoms with E-state index in [2.05, 4.69) is 30.0 Å². The number of carbonyl (C=O) groups excluding carboxylic acids is 4. The number of aryl methyl sites for hydroxylation is 2. The number of fused-ring (bicyclic) bond motifs is 1. The number of rotatable bonds is 16. The Balaban J connectivity index is 1.22. The number of ether oxygens (including phenoxy) is 2. The van der Waals surface area contributed by atoms with Gasteiger partial charge in [0, 0.05) is 36.5 Å². The number of anilines is 2. The number of hydroxylamine groups is 2. The van der Waals surface area contributed by atoms with Crippen molar-refractivity contribution in [3.8, 4) is 16.9 Å². The van der Waals surface area contributed by atoms with E-state index in [1.807, 2.05) is 29.9 Å². The Morgan fingerprint density at radius 2 is 2.07 bits per heavy atom. The number of hydrogen-bond acceptors (Lipinski definition) is 18. The van der Waals surface area contributed by atoms with Crippen molar-refractivity contribution in [1.82, 2.24) is 25.7 Å². The van der Waals surface area contributed by atoms with Crippen molar-refractivity contribution >= 4 is 62.8 Å². The highest BCUT2D eigenvalue weighted by Gasteiger charge is 2.58. The van der Waals surface area contributed by atoms with E-state index >= 15 is 0 Å². The van der Waals surface area contributed by atoms with Gasteiger partial charge in [0.2, 0.25) is 0 Å². The number of nitrogen functional groups attached to an aromatic ring is 1. The average Bonchev–Trinajstić information content (AvgIpc) is 3.58. The number of benzene rings is 1. The lowest BCUT2D eigenvalue weighted by Gasteiger charge is -2.50. The van der Waals surface area contributed by atoms with Gasteiger partial charge in [-0.1, -0.05) is 16.2 Å². The van der Waals surface area contributed by atoms with Crippen LogP contribution in [0.4, 0.5) is 11.1 Å². The molecule has 2 aromatic heterocycles. The third-order valence-electron chi connectivity index (χ3n) is 9.93. The molecule has 7 N–H and O–H groups in total. The third-order valence-corrected chi connectivity index (χ3v) is 10.9. The molecule has 5 heterocycles. The summed E-state index contributed by atoms with van der Waals surface area (Å²) in [6, 6.07) is 4.18. The molecule has 23 heteroatoms. The summed E-state index contributed by atoms with van der Waals surface area (Å²) in [7, 11) is -3.12. The van der Waals surface area contributed by atoms with Crippen LogP contribution in [-0.4, -0.2) is 114 Å². The highest BCUT2D eigenvalue weighted by molar-refractivity contribution is 7.80. The first kappa shape index (κ1) is 41.3. The first-order valence-electron chi connectivity index (χ1n) is 17.7. The Morgan fingerprint density at radius 1 is 1.32 bits per heavy atom. The average molecular weight is 832 g/mol. The predicted molar refractivity (Wildman–Crippen MR) is 201 cm³/mol.